The normalized spacial score (nSPS) is 16.8. The van der Waals surface area contributed by atoms with Crippen LogP contribution in [0.1, 0.15) is 18.4 Å². The maximum absolute atomic E-state index is 12.4. The largest absolute Gasteiger partial charge is 0.481 e. The second kappa shape index (κ2) is 10.2. The van der Waals surface area contributed by atoms with Crippen LogP contribution in [0, 0.1) is 5.92 Å². The number of carboxylic acids is 1. The number of nitrogens with zero attached hydrogens (tertiary/aromatic N) is 1. The summed E-state index contributed by atoms with van der Waals surface area (Å²) in [6.07, 6.45) is -1.07. The molecule has 1 aromatic rings. The summed E-state index contributed by atoms with van der Waals surface area (Å²) in [7, 11) is 0. The van der Waals surface area contributed by atoms with E-state index in [9.17, 15) is 28.6 Å². The molecular formula is C18H23F2NO6. The van der Waals surface area contributed by atoms with Crippen LogP contribution in [-0.4, -0.2) is 66.0 Å². The van der Waals surface area contributed by atoms with E-state index in [2.05, 4.69) is 4.74 Å². The number of hydrogen-bond acceptors (Lipinski definition) is 5. The van der Waals surface area contributed by atoms with E-state index in [1.165, 1.54) is 11.0 Å². The molecule has 1 saturated heterocycles. The van der Waals surface area contributed by atoms with Crippen molar-refractivity contribution in [1.29, 1.82) is 0 Å². The van der Waals surface area contributed by atoms with Gasteiger partial charge in [0.05, 0.1) is 19.1 Å². The van der Waals surface area contributed by atoms with Gasteiger partial charge in [0.1, 0.15) is 11.9 Å². The molecule has 0 saturated carbocycles. The SMILES string of the molecule is O=C(O)[C@H](CCCc1ccccc1OC(F)F)[C@H](O)C(=O)N1CCOCC1. The highest BCUT2D eigenvalue weighted by Crippen LogP contribution is 2.24. The standard InChI is InChI=1S/C18H23F2NO6/c19-18(20)27-14-7-2-1-4-12(14)5-3-6-13(17(24)25)15(22)16(23)21-8-10-26-11-9-21/h1-2,4,7,13,15,18,22H,3,5-6,8-11H2,(H,24,25)/t13-,15+/m1/s1. The molecule has 1 aromatic carbocycles. The molecule has 0 spiro atoms. The van der Waals surface area contributed by atoms with Crippen LogP contribution < -0.4 is 4.74 Å². The van der Waals surface area contributed by atoms with Crippen molar-refractivity contribution in [2.24, 2.45) is 5.92 Å². The van der Waals surface area contributed by atoms with E-state index in [4.69, 9.17) is 4.74 Å². The Morgan fingerprint density at radius 2 is 1.89 bits per heavy atom. The number of carbonyl (C=O) groups excluding carboxylic acids is 1. The Hall–Kier alpha value is -2.26. The Bertz CT molecular complexity index is 636. The van der Waals surface area contributed by atoms with E-state index >= 15 is 0 Å². The van der Waals surface area contributed by atoms with Gasteiger partial charge < -0.3 is 24.6 Å². The van der Waals surface area contributed by atoms with Crippen molar-refractivity contribution in [2.75, 3.05) is 26.3 Å². The summed E-state index contributed by atoms with van der Waals surface area (Å²) in [4.78, 5) is 25.2. The second-order valence-corrected chi connectivity index (χ2v) is 6.21. The van der Waals surface area contributed by atoms with E-state index < -0.39 is 30.5 Å². The number of aliphatic hydroxyl groups excluding tert-OH is 1. The fourth-order valence-electron chi connectivity index (χ4n) is 2.99. The molecule has 0 bridgehead atoms. The first-order valence-electron chi connectivity index (χ1n) is 8.70. The number of carbonyl (C=O) groups is 2. The quantitative estimate of drug-likeness (QED) is 0.667. The third kappa shape index (κ3) is 6.14. The zero-order valence-corrected chi connectivity index (χ0v) is 14.7. The number of rotatable bonds is 9. The molecule has 9 heteroatoms. The van der Waals surface area contributed by atoms with Gasteiger partial charge in [-0.2, -0.15) is 8.78 Å². The second-order valence-electron chi connectivity index (χ2n) is 6.21. The van der Waals surface area contributed by atoms with Gasteiger partial charge in [-0.1, -0.05) is 18.2 Å². The average Bonchev–Trinajstić information content (AvgIpc) is 2.65. The highest BCUT2D eigenvalue weighted by molar-refractivity contribution is 5.86. The summed E-state index contributed by atoms with van der Waals surface area (Å²) >= 11 is 0. The molecule has 1 heterocycles. The highest BCUT2D eigenvalue weighted by Gasteiger charge is 2.34. The fraction of sp³-hybridized carbons (Fsp3) is 0.556. The molecule has 2 atom stereocenters. The number of morpholine rings is 1. The van der Waals surface area contributed by atoms with Crippen LogP contribution in [0.4, 0.5) is 8.78 Å². The average molecular weight is 387 g/mol. The van der Waals surface area contributed by atoms with Gasteiger partial charge in [-0.15, -0.1) is 0 Å². The van der Waals surface area contributed by atoms with Gasteiger partial charge in [-0.25, -0.2) is 0 Å². The van der Waals surface area contributed by atoms with Crippen LogP contribution in [0.15, 0.2) is 24.3 Å². The minimum atomic E-state index is -2.95. The molecule has 150 valence electrons. The molecule has 1 aliphatic heterocycles. The van der Waals surface area contributed by atoms with Crippen molar-refractivity contribution in [3.05, 3.63) is 29.8 Å². The highest BCUT2D eigenvalue weighted by atomic mass is 19.3. The predicted molar refractivity (Wildman–Crippen MR) is 90.5 cm³/mol. The summed E-state index contributed by atoms with van der Waals surface area (Å²) in [6.45, 7) is -1.65. The smallest absolute Gasteiger partial charge is 0.387 e. The number of amides is 1. The van der Waals surface area contributed by atoms with Crippen molar-refractivity contribution in [3.63, 3.8) is 0 Å². The summed E-state index contributed by atoms with van der Waals surface area (Å²) in [6, 6.07) is 6.25. The lowest BCUT2D eigenvalue weighted by molar-refractivity contribution is -0.157. The van der Waals surface area contributed by atoms with E-state index in [1.54, 1.807) is 18.2 Å². The molecule has 2 rings (SSSR count). The maximum atomic E-state index is 12.4. The first kappa shape index (κ1) is 21.0. The predicted octanol–water partition coefficient (Wildman–Crippen LogP) is 1.53. The fourth-order valence-corrected chi connectivity index (χ4v) is 2.99. The number of para-hydroxylation sites is 1. The molecule has 1 aliphatic rings. The summed E-state index contributed by atoms with van der Waals surface area (Å²) < 4.78 is 34.5. The topological polar surface area (TPSA) is 96.3 Å². The molecular weight excluding hydrogens is 364 g/mol. The third-order valence-electron chi connectivity index (χ3n) is 4.42. The summed E-state index contributed by atoms with van der Waals surface area (Å²) in [5.74, 6) is -3.15. The van der Waals surface area contributed by atoms with E-state index in [0.717, 1.165) is 0 Å². The van der Waals surface area contributed by atoms with Crippen LogP contribution >= 0.6 is 0 Å². The minimum absolute atomic E-state index is 0.0234. The lowest BCUT2D eigenvalue weighted by Crippen LogP contribution is -2.49. The molecule has 2 N–H and O–H groups in total. The van der Waals surface area contributed by atoms with Gasteiger partial charge in [0.15, 0.2) is 0 Å². The molecule has 27 heavy (non-hydrogen) atoms. The number of aliphatic carboxylic acids is 1. The van der Waals surface area contributed by atoms with E-state index in [0.29, 0.717) is 31.9 Å². The molecule has 7 nitrogen and oxygen atoms in total. The first-order valence-corrected chi connectivity index (χ1v) is 8.70. The van der Waals surface area contributed by atoms with Gasteiger partial charge in [0, 0.05) is 13.1 Å². The van der Waals surface area contributed by atoms with E-state index in [-0.39, 0.29) is 25.0 Å². The summed E-state index contributed by atoms with van der Waals surface area (Å²) in [5, 5.41) is 19.6. The lowest BCUT2D eigenvalue weighted by atomic mass is 9.93. The van der Waals surface area contributed by atoms with Gasteiger partial charge in [0.25, 0.3) is 5.91 Å². The Kier molecular flexibility index (Phi) is 7.93. The molecule has 0 radical (unpaired) electrons. The zero-order valence-electron chi connectivity index (χ0n) is 14.7. The van der Waals surface area contributed by atoms with Crippen molar-refractivity contribution < 1.29 is 38.1 Å². The maximum Gasteiger partial charge on any atom is 0.387 e. The van der Waals surface area contributed by atoms with Crippen LogP contribution in [-0.2, 0) is 20.7 Å². The Labute approximate surface area is 155 Å². The zero-order chi connectivity index (χ0) is 19.8. The number of ether oxygens (including phenoxy) is 2. The Morgan fingerprint density at radius 3 is 2.52 bits per heavy atom. The van der Waals surface area contributed by atoms with Crippen LogP contribution in [0.2, 0.25) is 0 Å². The summed E-state index contributed by atoms with van der Waals surface area (Å²) in [5.41, 5.74) is 0.510. The van der Waals surface area contributed by atoms with Crippen LogP contribution in [0.5, 0.6) is 5.75 Å². The van der Waals surface area contributed by atoms with Gasteiger partial charge in [-0.05, 0) is 30.9 Å². The Morgan fingerprint density at radius 1 is 1.22 bits per heavy atom. The Balaban J connectivity index is 1.94. The van der Waals surface area contributed by atoms with E-state index in [1.807, 2.05) is 0 Å². The number of benzene rings is 1. The molecule has 0 aliphatic carbocycles. The van der Waals surface area contributed by atoms with Gasteiger partial charge in [-0.3, -0.25) is 9.59 Å². The number of aliphatic hydroxyl groups is 1. The minimum Gasteiger partial charge on any atom is -0.481 e. The third-order valence-corrected chi connectivity index (χ3v) is 4.42. The molecule has 0 unspecified atom stereocenters. The van der Waals surface area contributed by atoms with Crippen molar-refractivity contribution in [3.8, 4) is 5.75 Å². The molecule has 1 fully saturated rings. The van der Waals surface area contributed by atoms with Gasteiger partial charge >= 0.3 is 12.6 Å². The van der Waals surface area contributed by atoms with Crippen molar-refractivity contribution >= 4 is 11.9 Å². The van der Waals surface area contributed by atoms with Crippen LogP contribution in [0.25, 0.3) is 0 Å². The molecule has 0 aromatic heterocycles. The number of halogens is 2. The number of alkyl halides is 2. The van der Waals surface area contributed by atoms with Crippen molar-refractivity contribution in [1.82, 2.24) is 4.90 Å². The lowest BCUT2D eigenvalue weighted by Gasteiger charge is -2.30. The molecule has 1 amide bonds. The first-order chi connectivity index (χ1) is 12.9. The van der Waals surface area contributed by atoms with Crippen LogP contribution in [0.3, 0.4) is 0 Å². The van der Waals surface area contributed by atoms with Crippen molar-refractivity contribution in [2.45, 2.75) is 32.0 Å². The number of hydrogen-bond donors (Lipinski definition) is 2. The van der Waals surface area contributed by atoms with Gasteiger partial charge in [0.2, 0.25) is 0 Å². The monoisotopic (exact) mass is 387 g/mol. The number of carboxylic acid groups (broad SMARTS) is 1. The number of aryl methyl sites for hydroxylation is 1.